The fraction of sp³-hybridized carbons (Fsp3) is 0.462. The van der Waals surface area contributed by atoms with Gasteiger partial charge in [0.25, 0.3) is 0 Å². The third-order valence-corrected chi connectivity index (χ3v) is 3.06. The Morgan fingerprint density at radius 2 is 2.19 bits per heavy atom. The maximum atomic E-state index is 8.94. The molecule has 0 radical (unpaired) electrons. The first-order valence-electron chi connectivity index (χ1n) is 5.63. The molecule has 0 spiro atoms. The summed E-state index contributed by atoms with van der Waals surface area (Å²) >= 11 is 0. The summed E-state index contributed by atoms with van der Waals surface area (Å²) in [5.41, 5.74) is 1.16. The van der Waals surface area contributed by atoms with E-state index in [9.17, 15) is 0 Å². The summed E-state index contributed by atoms with van der Waals surface area (Å²) in [6.45, 7) is 0. The van der Waals surface area contributed by atoms with Gasteiger partial charge in [-0.2, -0.15) is 5.26 Å². The Balaban J connectivity index is 2.20. The number of nitriles is 1. The number of rotatable bonds is 2. The van der Waals surface area contributed by atoms with Crippen molar-refractivity contribution in [3.8, 4) is 11.8 Å². The quantitative estimate of drug-likeness (QED) is 0.825. The molecule has 0 amide bonds. The van der Waals surface area contributed by atoms with E-state index in [0.29, 0.717) is 0 Å². The van der Waals surface area contributed by atoms with Crippen LogP contribution in [0.3, 0.4) is 0 Å². The summed E-state index contributed by atoms with van der Waals surface area (Å²) in [5.74, 6) is 0.901. The van der Waals surface area contributed by atoms with Gasteiger partial charge in [-0.3, -0.25) is 5.32 Å². The van der Waals surface area contributed by atoms with Crippen molar-refractivity contribution in [2.45, 2.75) is 31.3 Å². The molecule has 0 saturated carbocycles. The molecule has 0 aliphatic carbocycles. The predicted molar refractivity (Wildman–Crippen MR) is 62.1 cm³/mol. The van der Waals surface area contributed by atoms with Gasteiger partial charge in [0.2, 0.25) is 0 Å². The van der Waals surface area contributed by atoms with Crippen LogP contribution in [-0.4, -0.2) is 13.2 Å². The van der Waals surface area contributed by atoms with Crippen molar-refractivity contribution in [2.75, 3.05) is 7.11 Å². The SMILES string of the molecule is COc1ccccc1C1CCCC(C#N)N1. The van der Waals surface area contributed by atoms with E-state index in [0.717, 1.165) is 30.6 Å². The minimum absolute atomic E-state index is 0.0244. The van der Waals surface area contributed by atoms with Crippen LogP contribution in [0.15, 0.2) is 24.3 Å². The molecule has 2 unspecified atom stereocenters. The molecule has 2 rings (SSSR count). The van der Waals surface area contributed by atoms with E-state index in [4.69, 9.17) is 10.00 Å². The maximum Gasteiger partial charge on any atom is 0.123 e. The molecule has 16 heavy (non-hydrogen) atoms. The van der Waals surface area contributed by atoms with Crippen LogP contribution in [0.1, 0.15) is 30.9 Å². The minimum atomic E-state index is -0.0244. The molecule has 1 fully saturated rings. The lowest BCUT2D eigenvalue weighted by molar-refractivity contribution is 0.348. The van der Waals surface area contributed by atoms with Gasteiger partial charge in [0, 0.05) is 11.6 Å². The highest BCUT2D eigenvalue weighted by atomic mass is 16.5. The molecule has 1 aliphatic rings. The molecule has 1 aromatic carbocycles. The second kappa shape index (κ2) is 5.00. The Labute approximate surface area is 96.0 Å². The van der Waals surface area contributed by atoms with Gasteiger partial charge in [-0.15, -0.1) is 0 Å². The monoisotopic (exact) mass is 216 g/mol. The molecule has 84 valence electrons. The average Bonchev–Trinajstić information content (AvgIpc) is 2.38. The predicted octanol–water partition coefficient (Wildman–Crippen LogP) is 2.40. The van der Waals surface area contributed by atoms with Gasteiger partial charge in [-0.25, -0.2) is 0 Å². The van der Waals surface area contributed by atoms with E-state index in [1.165, 1.54) is 0 Å². The number of hydrogen-bond donors (Lipinski definition) is 1. The number of piperidine rings is 1. The summed E-state index contributed by atoms with van der Waals surface area (Å²) in [5, 5.41) is 12.3. The summed E-state index contributed by atoms with van der Waals surface area (Å²) in [4.78, 5) is 0. The van der Waals surface area contributed by atoms with Crippen molar-refractivity contribution in [3.63, 3.8) is 0 Å². The highest BCUT2D eigenvalue weighted by Crippen LogP contribution is 2.31. The summed E-state index contributed by atoms with van der Waals surface area (Å²) in [6, 6.07) is 10.5. The Morgan fingerprint density at radius 1 is 1.38 bits per heavy atom. The summed E-state index contributed by atoms with van der Waals surface area (Å²) in [6.07, 6.45) is 3.11. The van der Waals surface area contributed by atoms with E-state index < -0.39 is 0 Å². The Bertz CT molecular complexity index is 397. The Kier molecular flexibility index (Phi) is 3.43. The third kappa shape index (κ3) is 2.17. The Morgan fingerprint density at radius 3 is 2.94 bits per heavy atom. The van der Waals surface area contributed by atoms with Crippen LogP contribution in [0, 0.1) is 11.3 Å². The van der Waals surface area contributed by atoms with Crippen molar-refractivity contribution >= 4 is 0 Å². The largest absolute Gasteiger partial charge is 0.496 e. The summed E-state index contributed by atoms with van der Waals surface area (Å²) in [7, 11) is 1.68. The van der Waals surface area contributed by atoms with Crippen LogP contribution in [0.5, 0.6) is 5.75 Å². The third-order valence-electron chi connectivity index (χ3n) is 3.06. The van der Waals surface area contributed by atoms with E-state index in [1.807, 2.05) is 18.2 Å². The lowest BCUT2D eigenvalue weighted by atomic mass is 9.93. The standard InChI is InChI=1S/C13H16N2O/c1-16-13-8-3-2-6-11(13)12-7-4-5-10(9-14)15-12/h2-3,6,8,10,12,15H,4-5,7H2,1H3. The first-order chi connectivity index (χ1) is 7.85. The molecule has 3 nitrogen and oxygen atoms in total. The lowest BCUT2D eigenvalue weighted by Crippen LogP contribution is -2.35. The van der Waals surface area contributed by atoms with E-state index in [-0.39, 0.29) is 12.1 Å². The van der Waals surface area contributed by atoms with E-state index in [2.05, 4.69) is 17.5 Å². The zero-order chi connectivity index (χ0) is 11.4. The number of para-hydroxylation sites is 1. The average molecular weight is 216 g/mol. The van der Waals surface area contributed by atoms with E-state index >= 15 is 0 Å². The molecule has 1 N–H and O–H groups in total. The van der Waals surface area contributed by atoms with Gasteiger partial charge >= 0.3 is 0 Å². The molecule has 1 saturated heterocycles. The van der Waals surface area contributed by atoms with Crippen molar-refractivity contribution in [1.29, 1.82) is 5.26 Å². The normalized spacial score (nSPS) is 24.8. The number of methoxy groups -OCH3 is 1. The summed E-state index contributed by atoms with van der Waals surface area (Å²) < 4.78 is 5.34. The first-order valence-corrected chi connectivity index (χ1v) is 5.63. The molecule has 0 aromatic heterocycles. The zero-order valence-electron chi connectivity index (χ0n) is 9.44. The molecular formula is C13H16N2O. The maximum absolute atomic E-state index is 8.94. The van der Waals surface area contributed by atoms with Crippen LogP contribution in [0.2, 0.25) is 0 Å². The fourth-order valence-electron chi connectivity index (χ4n) is 2.24. The molecule has 1 aliphatic heterocycles. The van der Waals surface area contributed by atoms with Gasteiger partial charge in [0.15, 0.2) is 0 Å². The van der Waals surface area contributed by atoms with Crippen LogP contribution >= 0.6 is 0 Å². The lowest BCUT2D eigenvalue weighted by Gasteiger charge is -2.28. The number of ether oxygens (including phenoxy) is 1. The van der Waals surface area contributed by atoms with E-state index in [1.54, 1.807) is 7.11 Å². The molecular weight excluding hydrogens is 200 g/mol. The van der Waals surface area contributed by atoms with Gasteiger partial charge in [0.05, 0.1) is 19.2 Å². The van der Waals surface area contributed by atoms with Crippen molar-refractivity contribution in [3.05, 3.63) is 29.8 Å². The minimum Gasteiger partial charge on any atom is -0.496 e. The van der Waals surface area contributed by atoms with Crippen LogP contribution < -0.4 is 10.1 Å². The number of nitrogens with zero attached hydrogens (tertiary/aromatic N) is 1. The van der Waals surface area contributed by atoms with Gasteiger partial charge in [-0.1, -0.05) is 18.2 Å². The van der Waals surface area contributed by atoms with Gasteiger partial charge in [-0.05, 0) is 25.3 Å². The van der Waals surface area contributed by atoms with Crippen LogP contribution in [-0.2, 0) is 0 Å². The highest BCUT2D eigenvalue weighted by Gasteiger charge is 2.23. The van der Waals surface area contributed by atoms with Crippen molar-refractivity contribution in [1.82, 2.24) is 5.32 Å². The fourth-order valence-corrected chi connectivity index (χ4v) is 2.24. The van der Waals surface area contributed by atoms with Crippen molar-refractivity contribution in [2.24, 2.45) is 0 Å². The molecule has 2 atom stereocenters. The zero-order valence-corrected chi connectivity index (χ0v) is 9.44. The van der Waals surface area contributed by atoms with Crippen LogP contribution in [0.4, 0.5) is 0 Å². The number of nitrogens with one attached hydrogen (secondary N) is 1. The second-order valence-electron chi connectivity index (χ2n) is 4.07. The molecule has 0 bridgehead atoms. The molecule has 1 heterocycles. The van der Waals surface area contributed by atoms with Crippen molar-refractivity contribution < 1.29 is 4.74 Å². The number of hydrogen-bond acceptors (Lipinski definition) is 3. The van der Waals surface area contributed by atoms with Gasteiger partial charge in [0.1, 0.15) is 5.75 Å². The second-order valence-corrected chi connectivity index (χ2v) is 4.07. The van der Waals surface area contributed by atoms with Gasteiger partial charge < -0.3 is 4.74 Å². The Hall–Kier alpha value is -1.53. The topological polar surface area (TPSA) is 45.0 Å². The number of benzene rings is 1. The highest BCUT2D eigenvalue weighted by molar-refractivity contribution is 5.36. The molecule has 1 aromatic rings. The van der Waals surface area contributed by atoms with Crippen LogP contribution in [0.25, 0.3) is 0 Å². The molecule has 3 heteroatoms. The smallest absolute Gasteiger partial charge is 0.123 e. The first kappa shape index (κ1) is 11.0.